The molecule has 1 atom stereocenters. The molecule has 0 spiro atoms. The topological polar surface area (TPSA) is 29.9 Å². The van der Waals surface area contributed by atoms with Crippen molar-refractivity contribution in [2.24, 2.45) is 0 Å². The molecule has 1 aromatic carbocycles. The number of aromatic nitrogens is 2. The fraction of sp³-hybridized carbons (Fsp3) is 0.400. The van der Waals surface area contributed by atoms with Crippen LogP contribution in [0.2, 0.25) is 0 Å². The summed E-state index contributed by atoms with van der Waals surface area (Å²) < 4.78 is 39.4. The molecule has 2 aromatic rings. The van der Waals surface area contributed by atoms with Gasteiger partial charge in [-0.15, -0.1) is 0 Å². The maximum absolute atomic E-state index is 12.6. The minimum Gasteiger partial charge on any atom is -0.316 e. The molecular weight excluding hydrogens is 279 g/mol. The largest absolute Gasteiger partial charge is 0.416 e. The van der Waals surface area contributed by atoms with E-state index in [1.165, 1.54) is 17.7 Å². The highest BCUT2D eigenvalue weighted by Gasteiger charge is 2.30. The number of benzene rings is 1. The zero-order valence-electron chi connectivity index (χ0n) is 11.6. The Kier molecular flexibility index (Phi) is 3.49. The predicted octanol–water partition coefficient (Wildman–Crippen LogP) is 3.28. The molecule has 112 valence electrons. The number of hydrogen-bond donors (Lipinski definition) is 1. The predicted molar refractivity (Wildman–Crippen MR) is 73.5 cm³/mol. The summed E-state index contributed by atoms with van der Waals surface area (Å²) in [5.74, 6) is 0.438. The molecule has 3 nitrogen and oxygen atoms in total. The molecule has 0 bridgehead atoms. The lowest BCUT2D eigenvalue weighted by Gasteiger charge is -2.11. The normalized spacial score (nSPS) is 19.1. The Balaban J connectivity index is 1.90. The zero-order valence-corrected chi connectivity index (χ0v) is 11.6. The minimum atomic E-state index is -4.31. The van der Waals surface area contributed by atoms with Crippen LogP contribution in [0.5, 0.6) is 0 Å². The van der Waals surface area contributed by atoms with Crippen LogP contribution in [-0.4, -0.2) is 22.9 Å². The van der Waals surface area contributed by atoms with E-state index in [0.29, 0.717) is 11.6 Å². The third-order valence-electron chi connectivity index (χ3n) is 3.99. The second-order valence-electron chi connectivity index (χ2n) is 5.33. The SMILES string of the molecule is Cc1c(C2CCNC2)cnn1-c1ccc(C(F)(F)F)cc1. The number of nitrogens with zero attached hydrogens (tertiary/aromatic N) is 2. The lowest BCUT2D eigenvalue weighted by Crippen LogP contribution is -2.09. The van der Waals surface area contributed by atoms with E-state index in [9.17, 15) is 13.2 Å². The van der Waals surface area contributed by atoms with E-state index in [0.717, 1.165) is 37.3 Å². The summed E-state index contributed by atoms with van der Waals surface area (Å²) >= 11 is 0. The first-order valence-electron chi connectivity index (χ1n) is 6.89. The van der Waals surface area contributed by atoms with Crippen molar-refractivity contribution in [3.05, 3.63) is 47.3 Å². The van der Waals surface area contributed by atoms with E-state index in [2.05, 4.69) is 10.4 Å². The van der Waals surface area contributed by atoms with Gasteiger partial charge in [-0.25, -0.2) is 4.68 Å². The summed E-state index contributed by atoms with van der Waals surface area (Å²) in [6.07, 6.45) is -1.41. The van der Waals surface area contributed by atoms with Gasteiger partial charge in [-0.3, -0.25) is 0 Å². The second kappa shape index (κ2) is 5.18. The molecule has 1 saturated heterocycles. The maximum Gasteiger partial charge on any atom is 0.416 e. The van der Waals surface area contributed by atoms with E-state index in [1.807, 2.05) is 13.1 Å². The van der Waals surface area contributed by atoms with E-state index in [-0.39, 0.29) is 0 Å². The molecule has 0 aliphatic carbocycles. The van der Waals surface area contributed by atoms with Crippen molar-refractivity contribution in [3.8, 4) is 5.69 Å². The first kappa shape index (κ1) is 14.1. The smallest absolute Gasteiger partial charge is 0.316 e. The van der Waals surface area contributed by atoms with Crippen molar-refractivity contribution in [2.75, 3.05) is 13.1 Å². The maximum atomic E-state index is 12.6. The van der Waals surface area contributed by atoms with Gasteiger partial charge in [0.2, 0.25) is 0 Å². The third-order valence-corrected chi connectivity index (χ3v) is 3.99. The summed E-state index contributed by atoms with van der Waals surface area (Å²) in [4.78, 5) is 0. The van der Waals surface area contributed by atoms with Crippen LogP contribution < -0.4 is 5.32 Å². The lowest BCUT2D eigenvalue weighted by molar-refractivity contribution is -0.137. The van der Waals surface area contributed by atoms with Gasteiger partial charge < -0.3 is 5.32 Å². The molecule has 1 unspecified atom stereocenters. The van der Waals surface area contributed by atoms with Gasteiger partial charge >= 0.3 is 6.18 Å². The van der Waals surface area contributed by atoms with Crippen LogP contribution in [0, 0.1) is 6.92 Å². The third kappa shape index (κ3) is 2.68. The number of halogens is 3. The number of alkyl halides is 3. The second-order valence-corrected chi connectivity index (χ2v) is 5.33. The highest BCUT2D eigenvalue weighted by atomic mass is 19.4. The summed E-state index contributed by atoms with van der Waals surface area (Å²) in [5.41, 5.74) is 2.16. The van der Waals surface area contributed by atoms with Crippen LogP contribution >= 0.6 is 0 Å². The van der Waals surface area contributed by atoms with Crippen molar-refractivity contribution in [1.82, 2.24) is 15.1 Å². The van der Waals surface area contributed by atoms with Crippen molar-refractivity contribution < 1.29 is 13.2 Å². The first-order valence-corrected chi connectivity index (χ1v) is 6.89. The highest BCUT2D eigenvalue weighted by molar-refractivity contribution is 5.38. The van der Waals surface area contributed by atoms with Gasteiger partial charge in [0.25, 0.3) is 0 Å². The van der Waals surface area contributed by atoms with E-state index in [4.69, 9.17) is 0 Å². The van der Waals surface area contributed by atoms with Gasteiger partial charge in [0, 0.05) is 18.2 Å². The standard InChI is InChI=1S/C15H16F3N3/c1-10-14(11-6-7-19-8-11)9-20-21(10)13-4-2-12(3-5-13)15(16,17)18/h2-5,9,11,19H,6-8H2,1H3. The Morgan fingerprint density at radius 1 is 1.24 bits per heavy atom. The first-order chi connectivity index (χ1) is 9.97. The summed E-state index contributed by atoms with van der Waals surface area (Å²) in [6.45, 7) is 3.88. The molecule has 1 aromatic heterocycles. The molecule has 1 aliphatic rings. The molecule has 6 heteroatoms. The summed E-state index contributed by atoms with van der Waals surface area (Å²) in [7, 11) is 0. The monoisotopic (exact) mass is 295 g/mol. The number of hydrogen-bond acceptors (Lipinski definition) is 2. The van der Waals surface area contributed by atoms with Gasteiger partial charge in [0.15, 0.2) is 0 Å². The van der Waals surface area contributed by atoms with E-state index in [1.54, 1.807) is 4.68 Å². The molecule has 21 heavy (non-hydrogen) atoms. The van der Waals surface area contributed by atoms with Crippen molar-refractivity contribution >= 4 is 0 Å². The molecule has 0 amide bonds. The van der Waals surface area contributed by atoms with Crippen LogP contribution in [0.4, 0.5) is 13.2 Å². The molecule has 1 fully saturated rings. The van der Waals surface area contributed by atoms with Gasteiger partial charge in [0.1, 0.15) is 0 Å². The molecule has 3 rings (SSSR count). The van der Waals surface area contributed by atoms with Crippen molar-refractivity contribution in [3.63, 3.8) is 0 Å². The van der Waals surface area contributed by atoms with Crippen LogP contribution in [0.15, 0.2) is 30.5 Å². The fourth-order valence-corrected chi connectivity index (χ4v) is 2.80. The van der Waals surface area contributed by atoms with Crippen molar-refractivity contribution in [2.45, 2.75) is 25.4 Å². The van der Waals surface area contributed by atoms with Crippen LogP contribution in [0.1, 0.15) is 29.2 Å². The highest BCUT2D eigenvalue weighted by Crippen LogP contribution is 2.30. The van der Waals surface area contributed by atoms with E-state index >= 15 is 0 Å². The Bertz CT molecular complexity index is 623. The fourth-order valence-electron chi connectivity index (χ4n) is 2.80. The minimum absolute atomic E-state index is 0.438. The molecule has 0 radical (unpaired) electrons. The summed E-state index contributed by atoms with van der Waals surface area (Å²) in [5, 5.41) is 7.64. The molecule has 1 aliphatic heterocycles. The molecule has 2 heterocycles. The zero-order chi connectivity index (χ0) is 15.0. The molecular formula is C15H16F3N3. The molecule has 1 N–H and O–H groups in total. The number of nitrogens with one attached hydrogen (secondary N) is 1. The van der Waals surface area contributed by atoms with Crippen LogP contribution in [0.3, 0.4) is 0 Å². The number of rotatable bonds is 2. The van der Waals surface area contributed by atoms with Gasteiger partial charge in [-0.05, 0) is 49.7 Å². The average molecular weight is 295 g/mol. The van der Waals surface area contributed by atoms with Gasteiger partial charge in [-0.1, -0.05) is 0 Å². The van der Waals surface area contributed by atoms with Gasteiger partial charge in [-0.2, -0.15) is 18.3 Å². The Hall–Kier alpha value is -1.82. The summed E-state index contributed by atoms with van der Waals surface area (Å²) in [6, 6.07) is 5.10. The van der Waals surface area contributed by atoms with Gasteiger partial charge in [0.05, 0.1) is 17.4 Å². The molecule has 0 saturated carbocycles. The Morgan fingerprint density at radius 3 is 2.52 bits per heavy atom. The quantitative estimate of drug-likeness (QED) is 0.921. The Morgan fingerprint density at radius 2 is 1.95 bits per heavy atom. The van der Waals surface area contributed by atoms with Crippen LogP contribution in [-0.2, 0) is 6.18 Å². The lowest BCUT2D eigenvalue weighted by atomic mass is 9.99. The Labute approximate surface area is 120 Å². The van der Waals surface area contributed by atoms with Crippen LogP contribution in [0.25, 0.3) is 5.69 Å². The average Bonchev–Trinajstić information content (AvgIpc) is 3.07. The van der Waals surface area contributed by atoms with Crippen molar-refractivity contribution in [1.29, 1.82) is 0 Å². The van der Waals surface area contributed by atoms with E-state index < -0.39 is 11.7 Å².